The molecule has 3 rings (SSSR count). The lowest BCUT2D eigenvalue weighted by Gasteiger charge is -2.21. The van der Waals surface area contributed by atoms with E-state index in [1.807, 2.05) is 12.3 Å². The van der Waals surface area contributed by atoms with Crippen LogP contribution in [0.15, 0.2) is 36.7 Å². The number of nitrogens with one attached hydrogen (secondary N) is 1. The second-order valence-corrected chi connectivity index (χ2v) is 5.31. The predicted octanol–water partition coefficient (Wildman–Crippen LogP) is 1.71. The zero-order chi connectivity index (χ0) is 14.7. The molecule has 3 N–H and O–H groups in total. The van der Waals surface area contributed by atoms with Crippen LogP contribution in [0.3, 0.4) is 0 Å². The SMILES string of the molecule is NC(=O)c1cccc(-c2cnc([C@H]3CCCNC3)cn2)c1. The Labute approximate surface area is 123 Å². The summed E-state index contributed by atoms with van der Waals surface area (Å²) in [6.45, 7) is 2.05. The molecule has 0 saturated carbocycles. The van der Waals surface area contributed by atoms with Crippen LogP contribution in [0, 0.1) is 0 Å². The summed E-state index contributed by atoms with van der Waals surface area (Å²) in [6, 6.07) is 7.14. The van der Waals surface area contributed by atoms with E-state index in [0.29, 0.717) is 11.5 Å². The van der Waals surface area contributed by atoms with Gasteiger partial charge in [-0.25, -0.2) is 0 Å². The number of benzene rings is 1. The molecule has 1 amide bonds. The fourth-order valence-electron chi connectivity index (χ4n) is 2.63. The number of primary amides is 1. The molecule has 2 heterocycles. The van der Waals surface area contributed by atoms with Gasteiger partial charge in [-0.15, -0.1) is 0 Å². The van der Waals surface area contributed by atoms with Gasteiger partial charge in [0.15, 0.2) is 0 Å². The third-order valence-electron chi connectivity index (χ3n) is 3.83. The molecule has 21 heavy (non-hydrogen) atoms. The van der Waals surface area contributed by atoms with Gasteiger partial charge in [0.25, 0.3) is 0 Å². The Bertz CT molecular complexity index is 633. The maximum atomic E-state index is 11.2. The van der Waals surface area contributed by atoms with Crippen molar-refractivity contribution in [3.63, 3.8) is 0 Å². The molecule has 108 valence electrons. The molecule has 1 aromatic heterocycles. The number of rotatable bonds is 3. The molecule has 1 fully saturated rings. The van der Waals surface area contributed by atoms with Gasteiger partial charge in [-0.05, 0) is 31.5 Å². The van der Waals surface area contributed by atoms with E-state index in [2.05, 4.69) is 15.3 Å². The minimum atomic E-state index is -0.435. The number of piperidine rings is 1. The molecule has 0 aliphatic carbocycles. The van der Waals surface area contributed by atoms with E-state index in [4.69, 9.17) is 5.73 Å². The zero-order valence-electron chi connectivity index (χ0n) is 11.7. The normalized spacial score (nSPS) is 18.4. The van der Waals surface area contributed by atoms with Crippen molar-refractivity contribution in [1.29, 1.82) is 0 Å². The first-order valence-electron chi connectivity index (χ1n) is 7.17. The fourth-order valence-corrected chi connectivity index (χ4v) is 2.63. The number of hydrogen-bond donors (Lipinski definition) is 2. The van der Waals surface area contributed by atoms with Gasteiger partial charge in [-0.3, -0.25) is 14.8 Å². The van der Waals surface area contributed by atoms with Crippen LogP contribution < -0.4 is 11.1 Å². The van der Waals surface area contributed by atoms with E-state index >= 15 is 0 Å². The Kier molecular flexibility index (Phi) is 3.92. The van der Waals surface area contributed by atoms with Crippen LogP contribution >= 0.6 is 0 Å². The van der Waals surface area contributed by atoms with E-state index in [9.17, 15) is 4.79 Å². The first-order valence-corrected chi connectivity index (χ1v) is 7.17. The Balaban J connectivity index is 1.83. The van der Waals surface area contributed by atoms with Gasteiger partial charge < -0.3 is 11.1 Å². The van der Waals surface area contributed by atoms with Crippen molar-refractivity contribution in [2.24, 2.45) is 5.73 Å². The lowest BCUT2D eigenvalue weighted by molar-refractivity contribution is 0.100. The molecule has 1 aliphatic rings. The van der Waals surface area contributed by atoms with Crippen LogP contribution in [0.2, 0.25) is 0 Å². The van der Waals surface area contributed by atoms with Crippen molar-refractivity contribution in [3.05, 3.63) is 47.9 Å². The molecule has 0 spiro atoms. The molecule has 1 atom stereocenters. The highest BCUT2D eigenvalue weighted by molar-refractivity contribution is 5.93. The lowest BCUT2D eigenvalue weighted by Crippen LogP contribution is -2.28. The number of aromatic nitrogens is 2. The topological polar surface area (TPSA) is 80.9 Å². The first kappa shape index (κ1) is 13.7. The van der Waals surface area contributed by atoms with E-state index in [1.54, 1.807) is 24.4 Å². The summed E-state index contributed by atoms with van der Waals surface area (Å²) < 4.78 is 0. The molecule has 5 nitrogen and oxygen atoms in total. The van der Waals surface area contributed by atoms with Gasteiger partial charge in [0.1, 0.15) is 0 Å². The number of nitrogens with two attached hydrogens (primary N) is 1. The summed E-state index contributed by atoms with van der Waals surface area (Å²) in [5.74, 6) is 0.00645. The average molecular weight is 282 g/mol. The number of hydrogen-bond acceptors (Lipinski definition) is 4. The number of carbonyl (C=O) groups excluding carboxylic acids is 1. The van der Waals surface area contributed by atoms with E-state index in [1.165, 1.54) is 6.42 Å². The van der Waals surface area contributed by atoms with Gasteiger partial charge in [-0.1, -0.05) is 12.1 Å². The highest BCUT2D eigenvalue weighted by atomic mass is 16.1. The zero-order valence-corrected chi connectivity index (χ0v) is 11.7. The smallest absolute Gasteiger partial charge is 0.248 e. The van der Waals surface area contributed by atoms with Crippen LogP contribution in [0.25, 0.3) is 11.3 Å². The van der Waals surface area contributed by atoms with Gasteiger partial charge in [-0.2, -0.15) is 0 Å². The van der Waals surface area contributed by atoms with Crippen LogP contribution in [0.1, 0.15) is 34.8 Å². The molecule has 0 radical (unpaired) electrons. The van der Waals surface area contributed by atoms with Crippen LogP contribution in [0.5, 0.6) is 0 Å². The van der Waals surface area contributed by atoms with Crippen molar-refractivity contribution in [2.45, 2.75) is 18.8 Å². The minimum absolute atomic E-state index is 0.435. The summed E-state index contributed by atoms with van der Waals surface area (Å²) in [4.78, 5) is 20.2. The van der Waals surface area contributed by atoms with Crippen molar-refractivity contribution in [1.82, 2.24) is 15.3 Å². The fraction of sp³-hybridized carbons (Fsp3) is 0.312. The third kappa shape index (κ3) is 3.08. The standard InChI is InChI=1S/C16H18N4O/c17-16(21)12-4-1-3-11(7-12)14-9-20-15(10-19-14)13-5-2-6-18-8-13/h1,3-4,7,9-10,13,18H,2,5-6,8H2,(H2,17,21)/t13-/m0/s1. The van der Waals surface area contributed by atoms with E-state index in [-0.39, 0.29) is 0 Å². The summed E-state index contributed by atoms with van der Waals surface area (Å²) in [5, 5.41) is 3.38. The summed E-state index contributed by atoms with van der Waals surface area (Å²) >= 11 is 0. The summed E-state index contributed by atoms with van der Waals surface area (Å²) in [6.07, 6.45) is 5.93. The molecule has 2 aromatic rings. The van der Waals surface area contributed by atoms with Crippen LogP contribution in [0.4, 0.5) is 0 Å². The molecule has 1 aromatic carbocycles. The quantitative estimate of drug-likeness (QED) is 0.898. The van der Waals surface area contributed by atoms with E-state index < -0.39 is 5.91 Å². The van der Waals surface area contributed by atoms with Crippen molar-refractivity contribution >= 4 is 5.91 Å². The maximum absolute atomic E-state index is 11.2. The third-order valence-corrected chi connectivity index (χ3v) is 3.83. The Morgan fingerprint density at radius 3 is 2.86 bits per heavy atom. The van der Waals surface area contributed by atoms with E-state index in [0.717, 1.165) is 36.5 Å². The largest absolute Gasteiger partial charge is 0.366 e. The molecule has 1 aliphatic heterocycles. The summed E-state index contributed by atoms with van der Waals surface area (Å²) in [7, 11) is 0. The minimum Gasteiger partial charge on any atom is -0.366 e. The number of nitrogens with zero attached hydrogens (tertiary/aromatic N) is 2. The second kappa shape index (κ2) is 6.01. The lowest BCUT2D eigenvalue weighted by atomic mass is 9.96. The molecular formula is C16H18N4O. The second-order valence-electron chi connectivity index (χ2n) is 5.31. The maximum Gasteiger partial charge on any atom is 0.248 e. The van der Waals surface area contributed by atoms with Crippen molar-refractivity contribution < 1.29 is 4.79 Å². The predicted molar refractivity (Wildman–Crippen MR) is 80.8 cm³/mol. The Hall–Kier alpha value is -2.27. The molecular weight excluding hydrogens is 264 g/mol. The highest BCUT2D eigenvalue weighted by Crippen LogP contribution is 2.23. The number of amides is 1. The molecule has 1 saturated heterocycles. The highest BCUT2D eigenvalue weighted by Gasteiger charge is 2.16. The Morgan fingerprint density at radius 1 is 1.29 bits per heavy atom. The van der Waals surface area contributed by atoms with Gasteiger partial charge in [0.2, 0.25) is 5.91 Å². The first-order chi connectivity index (χ1) is 10.2. The van der Waals surface area contributed by atoms with Crippen LogP contribution in [-0.4, -0.2) is 29.0 Å². The molecule has 0 bridgehead atoms. The Morgan fingerprint density at radius 2 is 2.19 bits per heavy atom. The molecule has 5 heteroatoms. The van der Waals surface area contributed by atoms with Gasteiger partial charge >= 0.3 is 0 Å². The molecule has 0 unspecified atom stereocenters. The van der Waals surface area contributed by atoms with Crippen molar-refractivity contribution in [2.75, 3.05) is 13.1 Å². The summed E-state index contributed by atoms with van der Waals surface area (Å²) in [5.41, 5.74) is 8.42. The van der Waals surface area contributed by atoms with Gasteiger partial charge in [0.05, 0.1) is 17.6 Å². The number of carbonyl (C=O) groups is 1. The van der Waals surface area contributed by atoms with Crippen molar-refractivity contribution in [3.8, 4) is 11.3 Å². The average Bonchev–Trinajstić information content (AvgIpc) is 2.56. The van der Waals surface area contributed by atoms with Gasteiger partial charge in [0, 0.05) is 29.8 Å². The monoisotopic (exact) mass is 282 g/mol. The van der Waals surface area contributed by atoms with Crippen LogP contribution in [-0.2, 0) is 0 Å².